The normalized spacial score (nSPS) is 18.1. The molecule has 10 heteroatoms. The van der Waals surface area contributed by atoms with Crippen LogP contribution in [0.1, 0.15) is 61.4 Å². The van der Waals surface area contributed by atoms with Gasteiger partial charge in [-0.2, -0.15) is 0 Å². The Balaban J connectivity index is 1.05. The average molecular weight is 479 g/mol. The van der Waals surface area contributed by atoms with E-state index in [1.165, 1.54) is 64.7 Å². The van der Waals surface area contributed by atoms with Gasteiger partial charge in [-0.3, -0.25) is 0 Å². The highest BCUT2D eigenvalue weighted by Crippen LogP contribution is 2.20. The number of nitrogens with zero attached hydrogens (tertiary/aromatic N) is 6. The van der Waals surface area contributed by atoms with Crippen molar-refractivity contribution >= 4 is 32.9 Å². The lowest BCUT2D eigenvalue weighted by atomic mass is 10.1. The lowest BCUT2D eigenvalue weighted by Gasteiger charge is -2.26. The van der Waals surface area contributed by atoms with E-state index in [0.717, 1.165) is 72.1 Å². The first-order valence-corrected chi connectivity index (χ1v) is 14.1. The lowest BCUT2D eigenvalue weighted by Crippen LogP contribution is -2.33. The lowest BCUT2D eigenvalue weighted by molar-refractivity contribution is 0.237. The van der Waals surface area contributed by atoms with Crippen LogP contribution in [0, 0.1) is 0 Å². The first-order chi connectivity index (χ1) is 15.8. The predicted octanol–water partition coefficient (Wildman–Crippen LogP) is 3.75. The Kier molecular flexibility index (Phi) is 9.94. The summed E-state index contributed by atoms with van der Waals surface area (Å²) in [5.41, 5.74) is 0. The molecule has 2 fully saturated rings. The zero-order valence-corrected chi connectivity index (χ0v) is 20.9. The monoisotopic (exact) mass is 478 g/mol. The molecule has 2 aliphatic rings. The molecule has 0 unspecified atom stereocenters. The summed E-state index contributed by atoms with van der Waals surface area (Å²) in [7, 11) is 0. The van der Waals surface area contributed by atoms with Crippen LogP contribution >= 0.6 is 22.7 Å². The molecule has 0 amide bonds. The first-order valence-electron chi connectivity index (χ1n) is 12.4. The number of piperidine rings is 2. The summed E-state index contributed by atoms with van der Waals surface area (Å²) in [6.07, 6.45) is 12.4. The van der Waals surface area contributed by atoms with Crippen LogP contribution in [0.3, 0.4) is 0 Å². The number of hydrogen-bond acceptors (Lipinski definition) is 10. The van der Waals surface area contributed by atoms with Crippen LogP contribution in [0.5, 0.6) is 0 Å². The Labute approximate surface area is 200 Å². The van der Waals surface area contributed by atoms with Gasteiger partial charge in [-0.1, -0.05) is 35.5 Å². The number of rotatable bonds is 13. The second kappa shape index (κ2) is 13.4. The number of unbranched alkanes of at least 4 members (excludes halogenated alkanes) is 1. The van der Waals surface area contributed by atoms with Gasteiger partial charge in [0.15, 0.2) is 0 Å². The van der Waals surface area contributed by atoms with Crippen molar-refractivity contribution in [1.29, 1.82) is 0 Å². The summed E-state index contributed by atoms with van der Waals surface area (Å²) in [6.45, 7) is 9.10. The molecular formula is C22H38N8S2. The molecule has 0 saturated carbocycles. The zero-order chi connectivity index (χ0) is 21.8. The van der Waals surface area contributed by atoms with Crippen LogP contribution in [0.4, 0.5) is 10.3 Å². The van der Waals surface area contributed by atoms with Crippen molar-refractivity contribution in [3.05, 3.63) is 10.0 Å². The number of aryl methyl sites for hydroxylation is 2. The van der Waals surface area contributed by atoms with Crippen molar-refractivity contribution in [2.75, 3.05) is 63.0 Å². The highest BCUT2D eigenvalue weighted by Gasteiger charge is 2.11. The van der Waals surface area contributed by atoms with Gasteiger partial charge in [0.25, 0.3) is 0 Å². The molecule has 4 rings (SSSR count). The summed E-state index contributed by atoms with van der Waals surface area (Å²) in [5.74, 6) is 0. The summed E-state index contributed by atoms with van der Waals surface area (Å²) in [6, 6.07) is 0. The van der Waals surface area contributed by atoms with E-state index in [-0.39, 0.29) is 0 Å². The van der Waals surface area contributed by atoms with Crippen LogP contribution in [-0.2, 0) is 12.8 Å². The van der Waals surface area contributed by atoms with E-state index < -0.39 is 0 Å². The summed E-state index contributed by atoms with van der Waals surface area (Å²) in [4.78, 5) is 5.09. The van der Waals surface area contributed by atoms with E-state index in [2.05, 4.69) is 40.8 Å². The smallest absolute Gasteiger partial charge is 0.205 e. The number of likely N-dealkylation sites (tertiary alicyclic amines) is 2. The molecule has 8 nitrogen and oxygen atoms in total. The number of anilines is 2. The van der Waals surface area contributed by atoms with Crippen molar-refractivity contribution in [1.82, 2.24) is 30.2 Å². The highest BCUT2D eigenvalue weighted by atomic mass is 32.1. The van der Waals surface area contributed by atoms with E-state index >= 15 is 0 Å². The van der Waals surface area contributed by atoms with E-state index in [4.69, 9.17) is 0 Å². The average Bonchev–Trinajstić information content (AvgIpc) is 3.48. The Bertz CT molecular complexity index is 703. The molecule has 2 aromatic heterocycles. The van der Waals surface area contributed by atoms with Gasteiger partial charge in [0.2, 0.25) is 10.3 Å². The molecule has 0 atom stereocenters. The Morgan fingerprint density at radius 3 is 1.47 bits per heavy atom. The van der Waals surface area contributed by atoms with Crippen molar-refractivity contribution in [3.63, 3.8) is 0 Å². The van der Waals surface area contributed by atoms with Gasteiger partial charge in [-0.05, 0) is 64.7 Å². The van der Waals surface area contributed by atoms with Crippen LogP contribution in [-0.4, -0.2) is 82.6 Å². The highest BCUT2D eigenvalue weighted by molar-refractivity contribution is 7.15. The van der Waals surface area contributed by atoms with Crippen molar-refractivity contribution < 1.29 is 0 Å². The minimum atomic E-state index is 0.958. The molecular weight excluding hydrogens is 440 g/mol. The van der Waals surface area contributed by atoms with Gasteiger partial charge in [-0.15, -0.1) is 20.4 Å². The fourth-order valence-corrected chi connectivity index (χ4v) is 6.03. The quantitative estimate of drug-likeness (QED) is 0.421. The molecule has 2 aromatic rings. The maximum atomic E-state index is 4.36. The molecule has 0 radical (unpaired) electrons. The SMILES string of the molecule is C1CCN(CCNc2nnc(CCCCc3nnc(NCCN4CCCCC4)s3)s2)CC1. The van der Waals surface area contributed by atoms with Crippen LogP contribution in [0.15, 0.2) is 0 Å². The van der Waals surface area contributed by atoms with Gasteiger partial charge in [0.1, 0.15) is 10.0 Å². The van der Waals surface area contributed by atoms with Gasteiger partial charge >= 0.3 is 0 Å². The third-order valence-corrected chi connectivity index (χ3v) is 8.15. The maximum Gasteiger partial charge on any atom is 0.205 e. The molecule has 0 bridgehead atoms. The molecule has 2 aliphatic heterocycles. The first kappa shape index (κ1) is 23.8. The van der Waals surface area contributed by atoms with E-state index in [9.17, 15) is 0 Å². The summed E-state index contributed by atoms with van der Waals surface area (Å²) in [5, 5.41) is 28.4. The van der Waals surface area contributed by atoms with Crippen LogP contribution in [0.2, 0.25) is 0 Å². The van der Waals surface area contributed by atoms with Crippen molar-refractivity contribution in [2.45, 2.75) is 64.2 Å². The fraction of sp³-hybridized carbons (Fsp3) is 0.818. The second-order valence-corrected chi connectivity index (χ2v) is 11.0. The Morgan fingerprint density at radius 2 is 1.03 bits per heavy atom. The summed E-state index contributed by atoms with van der Waals surface area (Å²) >= 11 is 3.40. The van der Waals surface area contributed by atoms with E-state index in [1.54, 1.807) is 22.7 Å². The van der Waals surface area contributed by atoms with Crippen molar-refractivity contribution in [3.8, 4) is 0 Å². The molecule has 0 spiro atoms. The number of hydrogen-bond donors (Lipinski definition) is 2. The maximum absolute atomic E-state index is 4.36. The van der Waals surface area contributed by atoms with Gasteiger partial charge in [-0.25, -0.2) is 0 Å². The minimum Gasteiger partial charge on any atom is -0.359 e. The molecule has 2 N–H and O–H groups in total. The number of nitrogens with one attached hydrogen (secondary N) is 2. The van der Waals surface area contributed by atoms with E-state index in [1.807, 2.05) is 0 Å². The minimum absolute atomic E-state index is 0.958. The van der Waals surface area contributed by atoms with Gasteiger partial charge in [0, 0.05) is 39.0 Å². The van der Waals surface area contributed by atoms with Crippen molar-refractivity contribution in [2.24, 2.45) is 0 Å². The molecule has 0 aliphatic carbocycles. The second-order valence-electron chi connectivity index (χ2n) is 8.87. The van der Waals surface area contributed by atoms with Crippen LogP contribution in [0.25, 0.3) is 0 Å². The molecule has 4 heterocycles. The Hall–Kier alpha value is -1.36. The van der Waals surface area contributed by atoms with Crippen LogP contribution < -0.4 is 10.6 Å². The third kappa shape index (κ3) is 8.20. The molecule has 2 saturated heterocycles. The standard InChI is InChI=1S/C22H38N8S2/c1-5-13-29(14-6-1)17-11-23-21-27-25-19(31-21)9-3-4-10-20-26-28-22(32-20)24-12-18-30-15-7-2-8-16-30/h1-18H2,(H,23,27)(H,24,28). The largest absolute Gasteiger partial charge is 0.359 e. The fourth-order valence-electron chi connectivity index (χ4n) is 4.41. The van der Waals surface area contributed by atoms with Gasteiger partial charge < -0.3 is 20.4 Å². The molecule has 178 valence electrons. The topological polar surface area (TPSA) is 82.1 Å². The number of aromatic nitrogens is 4. The molecule has 32 heavy (non-hydrogen) atoms. The van der Waals surface area contributed by atoms with Gasteiger partial charge in [0.05, 0.1) is 0 Å². The Morgan fingerprint density at radius 1 is 0.594 bits per heavy atom. The predicted molar refractivity (Wildman–Crippen MR) is 134 cm³/mol. The third-order valence-electron chi connectivity index (χ3n) is 6.27. The zero-order valence-electron chi connectivity index (χ0n) is 19.2. The summed E-state index contributed by atoms with van der Waals surface area (Å²) < 4.78 is 0. The molecule has 0 aromatic carbocycles. The van der Waals surface area contributed by atoms with E-state index in [0.29, 0.717) is 0 Å².